The van der Waals surface area contributed by atoms with Gasteiger partial charge < -0.3 is 4.57 Å². The molecule has 0 radical (unpaired) electrons. The minimum absolute atomic E-state index is 0.202. The quantitative estimate of drug-likeness (QED) is 0.494. The Bertz CT molecular complexity index is 1390. The number of thiazole rings is 1. The minimum Gasteiger partial charge on any atom is -0.305 e. The van der Waals surface area contributed by atoms with E-state index in [0.717, 1.165) is 16.6 Å². The van der Waals surface area contributed by atoms with Crippen molar-refractivity contribution in [2.24, 2.45) is 10.9 Å². The first-order chi connectivity index (χ1) is 15.8. The third kappa shape index (κ3) is 4.92. The molecule has 2 aromatic carbocycles. The molecular formula is C24H24ClN3O3S2. The number of halogens is 1. The molecule has 0 N–H and O–H groups in total. The van der Waals surface area contributed by atoms with E-state index in [9.17, 15) is 13.2 Å². The number of aryl methyl sites for hydroxylation is 1. The summed E-state index contributed by atoms with van der Waals surface area (Å²) in [5.41, 5.74) is 2.18. The maximum atomic E-state index is 13.0. The molecule has 1 aliphatic heterocycles. The number of carbonyl (C=O) groups is 1. The Morgan fingerprint density at radius 1 is 1.21 bits per heavy atom. The average Bonchev–Trinajstić information content (AvgIpc) is 3.15. The highest BCUT2D eigenvalue weighted by atomic mass is 35.5. The number of hydrogen-bond acceptors (Lipinski definition) is 4. The van der Waals surface area contributed by atoms with Crippen LogP contribution in [-0.2, 0) is 27.8 Å². The normalized spacial score (nSPS) is 16.2. The van der Waals surface area contributed by atoms with Gasteiger partial charge in [0.05, 0.1) is 21.7 Å². The SMILES string of the molecule is C#CCn1c(=NC(=O)C2CCN(S(=O)(=O)c3ccc(Cl)cc3)CC2)sc2cc(CC)ccc21. The highest BCUT2D eigenvalue weighted by Gasteiger charge is 2.32. The monoisotopic (exact) mass is 501 g/mol. The molecule has 0 atom stereocenters. The molecule has 172 valence electrons. The largest absolute Gasteiger partial charge is 0.305 e. The van der Waals surface area contributed by atoms with Crippen molar-refractivity contribution in [2.45, 2.75) is 37.6 Å². The fourth-order valence-electron chi connectivity index (χ4n) is 3.95. The van der Waals surface area contributed by atoms with E-state index in [0.29, 0.717) is 29.2 Å². The summed E-state index contributed by atoms with van der Waals surface area (Å²) in [6.07, 6.45) is 7.33. The van der Waals surface area contributed by atoms with Crippen LogP contribution in [0.15, 0.2) is 52.4 Å². The summed E-state index contributed by atoms with van der Waals surface area (Å²) in [6.45, 7) is 2.97. The lowest BCUT2D eigenvalue weighted by atomic mass is 9.98. The number of rotatable bonds is 5. The molecule has 1 aromatic heterocycles. The fourth-order valence-corrected chi connectivity index (χ4v) is 6.65. The zero-order valence-electron chi connectivity index (χ0n) is 18.2. The van der Waals surface area contributed by atoms with Gasteiger partial charge >= 0.3 is 0 Å². The van der Waals surface area contributed by atoms with Gasteiger partial charge in [-0.1, -0.05) is 41.8 Å². The van der Waals surface area contributed by atoms with E-state index >= 15 is 0 Å². The van der Waals surface area contributed by atoms with Crippen LogP contribution in [0.5, 0.6) is 0 Å². The van der Waals surface area contributed by atoms with Crippen molar-refractivity contribution in [1.29, 1.82) is 0 Å². The summed E-state index contributed by atoms with van der Waals surface area (Å²) in [4.78, 5) is 18.2. The van der Waals surface area contributed by atoms with Gasteiger partial charge in [-0.2, -0.15) is 9.30 Å². The van der Waals surface area contributed by atoms with Gasteiger partial charge in [-0.15, -0.1) is 6.42 Å². The summed E-state index contributed by atoms with van der Waals surface area (Å²) in [5.74, 6) is 2.09. The van der Waals surface area contributed by atoms with Crippen molar-refractivity contribution in [1.82, 2.24) is 8.87 Å². The van der Waals surface area contributed by atoms with Crippen molar-refractivity contribution in [3.8, 4) is 12.3 Å². The van der Waals surface area contributed by atoms with Gasteiger partial charge in [0.2, 0.25) is 10.0 Å². The smallest absolute Gasteiger partial charge is 0.251 e. The lowest BCUT2D eigenvalue weighted by Gasteiger charge is -2.29. The Hall–Kier alpha value is -2.44. The predicted molar refractivity (Wildman–Crippen MR) is 132 cm³/mol. The second kappa shape index (κ2) is 9.82. The molecule has 4 rings (SSSR count). The van der Waals surface area contributed by atoms with E-state index in [1.807, 2.05) is 10.6 Å². The van der Waals surface area contributed by atoms with Crippen molar-refractivity contribution in [3.05, 3.63) is 57.9 Å². The second-order valence-corrected chi connectivity index (χ2v) is 11.3. The fraction of sp³-hybridized carbons (Fsp3) is 0.333. The molecule has 33 heavy (non-hydrogen) atoms. The van der Waals surface area contributed by atoms with Gasteiger partial charge in [0.1, 0.15) is 0 Å². The number of benzene rings is 2. The second-order valence-electron chi connectivity index (χ2n) is 7.91. The lowest BCUT2D eigenvalue weighted by Crippen LogP contribution is -2.40. The molecule has 2 heterocycles. The van der Waals surface area contributed by atoms with Crippen LogP contribution in [0.3, 0.4) is 0 Å². The zero-order valence-corrected chi connectivity index (χ0v) is 20.6. The van der Waals surface area contributed by atoms with E-state index in [4.69, 9.17) is 18.0 Å². The molecule has 1 saturated heterocycles. The van der Waals surface area contributed by atoms with Crippen LogP contribution in [0, 0.1) is 18.3 Å². The first-order valence-corrected chi connectivity index (χ1v) is 13.4. The molecule has 3 aromatic rings. The first-order valence-electron chi connectivity index (χ1n) is 10.7. The number of terminal acetylenes is 1. The Balaban J connectivity index is 1.53. The standard InChI is InChI=1S/C24H24ClN3O3S2/c1-3-13-28-21-10-5-17(4-2)16-22(21)32-24(28)26-23(29)18-11-14-27(15-12-18)33(30,31)20-8-6-19(25)7-9-20/h1,5-10,16,18H,4,11-15H2,2H3. The Morgan fingerprint density at radius 3 is 2.55 bits per heavy atom. The van der Waals surface area contributed by atoms with Crippen molar-refractivity contribution in [2.75, 3.05) is 13.1 Å². The van der Waals surface area contributed by atoms with Crippen LogP contribution in [0.25, 0.3) is 10.2 Å². The number of hydrogen-bond donors (Lipinski definition) is 0. The molecule has 0 spiro atoms. The summed E-state index contributed by atoms with van der Waals surface area (Å²) < 4.78 is 30.1. The number of amides is 1. The molecule has 0 unspecified atom stereocenters. The summed E-state index contributed by atoms with van der Waals surface area (Å²) in [6, 6.07) is 12.3. The third-order valence-electron chi connectivity index (χ3n) is 5.87. The van der Waals surface area contributed by atoms with Crippen molar-refractivity contribution in [3.63, 3.8) is 0 Å². The van der Waals surface area contributed by atoms with Crippen LogP contribution in [0.1, 0.15) is 25.3 Å². The van der Waals surface area contributed by atoms with Crippen LogP contribution in [-0.4, -0.2) is 36.3 Å². The van der Waals surface area contributed by atoms with E-state index in [1.54, 1.807) is 12.1 Å². The van der Waals surface area contributed by atoms with E-state index < -0.39 is 10.0 Å². The van der Waals surface area contributed by atoms with Gasteiger partial charge in [-0.05, 0) is 61.2 Å². The Kier molecular flexibility index (Phi) is 7.05. The maximum absolute atomic E-state index is 13.0. The first kappa shape index (κ1) is 23.7. The molecule has 1 fully saturated rings. The number of aromatic nitrogens is 1. The van der Waals surface area contributed by atoms with Crippen LogP contribution < -0.4 is 4.80 Å². The van der Waals surface area contributed by atoms with Gasteiger partial charge in [-0.3, -0.25) is 4.79 Å². The predicted octanol–water partition coefficient (Wildman–Crippen LogP) is 4.08. The third-order valence-corrected chi connectivity index (χ3v) is 9.07. The number of nitrogens with zero attached hydrogens (tertiary/aromatic N) is 3. The lowest BCUT2D eigenvalue weighted by molar-refractivity contribution is -0.122. The molecule has 0 bridgehead atoms. The maximum Gasteiger partial charge on any atom is 0.251 e. The van der Waals surface area contributed by atoms with Gasteiger partial charge in [0, 0.05) is 24.0 Å². The Labute approximate surface area is 202 Å². The van der Waals surface area contributed by atoms with Gasteiger partial charge in [0.25, 0.3) is 5.91 Å². The number of carbonyl (C=O) groups excluding carboxylic acids is 1. The van der Waals surface area contributed by atoms with E-state index in [-0.39, 0.29) is 29.8 Å². The zero-order chi connectivity index (χ0) is 23.6. The van der Waals surface area contributed by atoms with Crippen LogP contribution in [0.4, 0.5) is 0 Å². The van der Waals surface area contributed by atoms with Crippen LogP contribution in [0.2, 0.25) is 5.02 Å². The number of piperidine rings is 1. The van der Waals surface area contributed by atoms with Crippen molar-refractivity contribution >= 4 is 49.1 Å². The molecule has 1 amide bonds. The highest BCUT2D eigenvalue weighted by molar-refractivity contribution is 7.89. The Morgan fingerprint density at radius 2 is 1.91 bits per heavy atom. The molecule has 6 nitrogen and oxygen atoms in total. The molecule has 9 heteroatoms. The minimum atomic E-state index is -3.62. The van der Waals surface area contributed by atoms with Gasteiger partial charge in [0.15, 0.2) is 4.80 Å². The summed E-state index contributed by atoms with van der Waals surface area (Å²) in [7, 11) is -3.62. The summed E-state index contributed by atoms with van der Waals surface area (Å²) >= 11 is 7.32. The summed E-state index contributed by atoms with van der Waals surface area (Å²) in [5, 5.41) is 0.481. The number of fused-ring (bicyclic) bond motifs is 1. The van der Waals surface area contributed by atoms with E-state index in [2.05, 4.69) is 30.0 Å². The topological polar surface area (TPSA) is 71.7 Å². The number of sulfonamides is 1. The van der Waals surface area contributed by atoms with Crippen molar-refractivity contribution < 1.29 is 13.2 Å². The highest BCUT2D eigenvalue weighted by Crippen LogP contribution is 2.26. The molecular weight excluding hydrogens is 478 g/mol. The van der Waals surface area contributed by atoms with E-state index in [1.165, 1.54) is 33.3 Å². The average molecular weight is 502 g/mol. The molecule has 0 aliphatic carbocycles. The molecule has 0 saturated carbocycles. The van der Waals surface area contributed by atoms with Gasteiger partial charge in [-0.25, -0.2) is 8.42 Å². The molecule has 1 aliphatic rings. The van der Waals surface area contributed by atoms with Crippen LogP contribution >= 0.6 is 22.9 Å².